The summed E-state index contributed by atoms with van der Waals surface area (Å²) in [5.41, 5.74) is 6.92. The topological polar surface area (TPSA) is 67.6 Å². The first-order chi connectivity index (χ1) is 9.67. The van der Waals surface area contributed by atoms with E-state index in [0.717, 1.165) is 6.54 Å². The third-order valence-electron chi connectivity index (χ3n) is 4.47. The van der Waals surface area contributed by atoms with Crippen molar-refractivity contribution in [2.75, 3.05) is 32.5 Å². The van der Waals surface area contributed by atoms with Crippen LogP contribution in [0.4, 0.5) is 5.69 Å². The summed E-state index contributed by atoms with van der Waals surface area (Å²) >= 11 is 0. The lowest BCUT2D eigenvalue weighted by Crippen LogP contribution is -2.57. The Kier molecular flexibility index (Phi) is 3.53. The molecule has 5 nitrogen and oxygen atoms in total. The minimum Gasteiger partial charge on any atom is -0.495 e. The maximum Gasteiger partial charge on any atom is 0.251 e. The standard InChI is InChI=1S/C15H21N3O2/c1-20-14-8-11(2-3-12(14)16)15(19)17-13-9-18-6-4-10(13)5-7-18/h2-3,8,10,13H,4-7,9,16H2,1H3,(H,17,19)/t13-/m1/s1. The fourth-order valence-corrected chi connectivity index (χ4v) is 3.23. The highest BCUT2D eigenvalue weighted by Crippen LogP contribution is 2.28. The Balaban J connectivity index is 1.70. The molecule has 0 aliphatic carbocycles. The number of anilines is 1. The number of rotatable bonds is 3. The Bertz CT molecular complexity index is 510. The summed E-state index contributed by atoms with van der Waals surface area (Å²) in [4.78, 5) is 14.8. The molecular formula is C15H21N3O2. The third kappa shape index (κ3) is 2.45. The fraction of sp³-hybridized carbons (Fsp3) is 0.533. The van der Waals surface area contributed by atoms with Gasteiger partial charge in [-0.2, -0.15) is 0 Å². The number of benzene rings is 1. The van der Waals surface area contributed by atoms with Crippen LogP contribution in [0.2, 0.25) is 0 Å². The first kappa shape index (κ1) is 13.2. The number of nitrogens with zero attached hydrogens (tertiary/aromatic N) is 1. The number of nitrogens with two attached hydrogens (primary N) is 1. The lowest BCUT2D eigenvalue weighted by molar-refractivity contribution is 0.0620. The van der Waals surface area contributed by atoms with Gasteiger partial charge in [0.1, 0.15) is 5.75 Å². The number of carbonyl (C=O) groups excluding carboxylic acids is 1. The van der Waals surface area contributed by atoms with E-state index in [9.17, 15) is 4.79 Å². The Morgan fingerprint density at radius 1 is 1.40 bits per heavy atom. The van der Waals surface area contributed by atoms with Crippen LogP contribution in [0, 0.1) is 5.92 Å². The molecule has 2 bridgehead atoms. The SMILES string of the molecule is COc1cc(C(=O)N[C@@H]2CN3CCC2CC3)ccc1N. The Morgan fingerprint density at radius 3 is 2.75 bits per heavy atom. The zero-order valence-corrected chi connectivity index (χ0v) is 11.8. The van der Waals surface area contributed by atoms with Gasteiger partial charge in [-0.1, -0.05) is 0 Å². The van der Waals surface area contributed by atoms with E-state index in [0.29, 0.717) is 22.9 Å². The molecule has 1 atom stereocenters. The average Bonchev–Trinajstić information content (AvgIpc) is 2.49. The number of hydrogen-bond acceptors (Lipinski definition) is 4. The second-order valence-electron chi connectivity index (χ2n) is 5.67. The van der Waals surface area contributed by atoms with Gasteiger partial charge in [-0.3, -0.25) is 4.79 Å². The number of nitrogen functional groups attached to an aromatic ring is 1. The van der Waals surface area contributed by atoms with E-state index in [2.05, 4.69) is 10.2 Å². The number of ether oxygens (including phenoxy) is 1. The smallest absolute Gasteiger partial charge is 0.251 e. The van der Waals surface area contributed by atoms with E-state index in [4.69, 9.17) is 10.5 Å². The molecular weight excluding hydrogens is 254 g/mol. The van der Waals surface area contributed by atoms with Crippen LogP contribution < -0.4 is 15.8 Å². The molecule has 0 radical (unpaired) electrons. The van der Waals surface area contributed by atoms with Crippen molar-refractivity contribution < 1.29 is 9.53 Å². The maximum absolute atomic E-state index is 12.3. The molecule has 3 fully saturated rings. The van der Waals surface area contributed by atoms with Gasteiger partial charge in [0, 0.05) is 18.2 Å². The second kappa shape index (κ2) is 5.32. The van der Waals surface area contributed by atoms with Crippen LogP contribution in [-0.2, 0) is 0 Å². The quantitative estimate of drug-likeness (QED) is 0.811. The molecule has 3 N–H and O–H groups in total. The lowest BCUT2D eigenvalue weighted by Gasteiger charge is -2.44. The van der Waals surface area contributed by atoms with Gasteiger partial charge in [-0.05, 0) is 50.0 Å². The van der Waals surface area contributed by atoms with Gasteiger partial charge in [-0.25, -0.2) is 0 Å². The summed E-state index contributed by atoms with van der Waals surface area (Å²) in [6, 6.07) is 5.43. The predicted octanol–water partition coefficient (Wildman–Crippen LogP) is 1.10. The third-order valence-corrected chi connectivity index (χ3v) is 4.47. The van der Waals surface area contributed by atoms with E-state index >= 15 is 0 Å². The molecule has 0 spiro atoms. The molecule has 3 heterocycles. The van der Waals surface area contributed by atoms with Crippen LogP contribution in [0.1, 0.15) is 23.2 Å². The Labute approximate surface area is 119 Å². The van der Waals surface area contributed by atoms with E-state index < -0.39 is 0 Å². The lowest BCUT2D eigenvalue weighted by atomic mass is 9.84. The van der Waals surface area contributed by atoms with Crippen molar-refractivity contribution in [3.63, 3.8) is 0 Å². The number of amides is 1. The first-order valence-electron chi connectivity index (χ1n) is 7.14. The van der Waals surface area contributed by atoms with E-state index in [1.807, 2.05) is 0 Å². The van der Waals surface area contributed by atoms with Crippen LogP contribution in [-0.4, -0.2) is 43.6 Å². The molecule has 1 aromatic carbocycles. The molecule has 108 valence electrons. The van der Waals surface area contributed by atoms with E-state index in [1.54, 1.807) is 25.3 Å². The average molecular weight is 275 g/mol. The van der Waals surface area contributed by atoms with Crippen LogP contribution in [0.25, 0.3) is 0 Å². The summed E-state index contributed by atoms with van der Waals surface area (Å²) in [6.45, 7) is 3.32. The first-order valence-corrected chi connectivity index (χ1v) is 7.14. The van der Waals surface area contributed by atoms with Gasteiger partial charge in [0.05, 0.1) is 12.8 Å². The minimum absolute atomic E-state index is 0.0398. The Morgan fingerprint density at radius 2 is 2.15 bits per heavy atom. The zero-order chi connectivity index (χ0) is 14.1. The molecule has 1 aromatic rings. The predicted molar refractivity (Wildman–Crippen MR) is 77.8 cm³/mol. The number of nitrogens with one attached hydrogen (secondary N) is 1. The van der Waals surface area contributed by atoms with E-state index in [1.165, 1.54) is 25.9 Å². The van der Waals surface area contributed by atoms with Crippen molar-refractivity contribution >= 4 is 11.6 Å². The molecule has 0 aromatic heterocycles. The van der Waals surface area contributed by atoms with Gasteiger partial charge < -0.3 is 20.7 Å². The summed E-state index contributed by atoms with van der Waals surface area (Å²) in [7, 11) is 1.56. The zero-order valence-electron chi connectivity index (χ0n) is 11.8. The summed E-state index contributed by atoms with van der Waals surface area (Å²) in [5.74, 6) is 1.13. The van der Waals surface area contributed by atoms with Gasteiger partial charge in [0.25, 0.3) is 5.91 Å². The molecule has 4 rings (SSSR count). The normalized spacial score (nSPS) is 28.1. The Hall–Kier alpha value is -1.75. The highest BCUT2D eigenvalue weighted by molar-refractivity contribution is 5.95. The van der Waals surface area contributed by atoms with Gasteiger partial charge in [0.15, 0.2) is 0 Å². The van der Waals surface area contributed by atoms with Gasteiger partial charge in [-0.15, -0.1) is 0 Å². The van der Waals surface area contributed by atoms with Crippen molar-refractivity contribution in [1.29, 1.82) is 0 Å². The van der Waals surface area contributed by atoms with Gasteiger partial charge >= 0.3 is 0 Å². The number of piperidine rings is 3. The molecule has 3 aliphatic rings. The molecule has 1 amide bonds. The number of hydrogen-bond donors (Lipinski definition) is 2. The number of methoxy groups -OCH3 is 1. The summed E-state index contributed by atoms with van der Waals surface area (Å²) in [5, 5.41) is 3.16. The highest BCUT2D eigenvalue weighted by Gasteiger charge is 2.34. The van der Waals surface area contributed by atoms with E-state index in [-0.39, 0.29) is 11.9 Å². The van der Waals surface area contributed by atoms with Crippen molar-refractivity contribution in [2.24, 2.45) is 5.92 Å². The molecule has 3 aliphatic heterocycles. The number of carbonyl (C=O) groups is 1. The van der Waals surface area contributed by atoms with Gasteiger partial charge in [0.2, 0.25) is 0 Å². The molecule has 0 saturated carbocycles. The molecule has 3 saturated heterocycles. The number of fused-ring (bicyclic) bond motifs is 3. The van der Waals surface area contributed by atoms with Crippen LogP contribution in [0.5, 0.6) is 5.75 Å². The largest absolute Gasteiger partial charge is 0.495 e. The van der Waals surface area contributed by atoms with Crippen molar-refractivity contribution in [1.82, 2.24) is 10.2 Å². The highest BCUT2D eigenvalue weighted by atomic mass is 16.5. The van der Waals surface area contributed by atoms with Crippen molar-refractivity contribution in [3.05, 3.63) is 23.8 Å². The monoisotopic (exact) mass is 275 g/mol. The molecule has 20 heavy (non-hydrogen) atoms. The molecule has 0 unspecified atom stereocenters. The molecule has 5 heteroatoms. The minimum atomic E-state index is -0.0398. The fourth-order valence-electron chi connectivity index (χ4n) is 3.23. The van der Waals surface area contributed by atoms with Crippen LogP contribution >= 0.6 is 0 Å². The summed E-state index contributed by atoms with van der Waals surface area (Å²) in [6.07, 6.45) is 2.38. The van der Waals surface area contributed by atoms with Crippen molar-refractivity contribution in [3.8, 4) is 5.75 Å². The second-order valence-corrected chi connectivity index (χ2v) is 5.67. The van der Waals surface area contributed by atoms with Crippen LogP contribution in [0.15, 0.2) is 18.2 Å². The van der Waals surface area contributed by atoms with Crippen LogP contribution in [0.3, 0.4) is 0 Å². The summed E-state index contributed by atoms with van der Waals surface area (Å²) < 4.78 is 5.16. The van der Waals surface area contributed by atoms with Crippen molar-refractivity contribution in [2.45, 2.75) is 18.9 Å². The maximum atomic E-state index is 12.3.